The highest BCUT2D eigenvalue weighted by molar-refractivity contribution is 7.71. The molecule has 0 atom stereocenters. The second-order valence-corrected chi connectivity index (χ2v) is 8.95. The summed E-state index contributed by atoms with van der Waals surface area (Å²) in [6, 6.07) is 9.51. The Morgan fingerprint density at radius 1 is 1.23 bits per heavy atom. The summed E-state index contributed by atoms with van der Waals surface area (Å²) in [7, 11) is 0. The zero-order valence-electron chi connectivity index (χ0n) is 16.3. The second kappa shape index (κ2) is 7.88. The molecule has 3 heterocycles. The highest BCUT2D eigenvalue weighted by Crippen LogP contribution is 2.46. The fraction of sp³-hybridized carbons (Fsp3) is 0.381. The van der Waals surface area contributed by atoms with Crippen molar-refractivity contribution < 1.29 is 14.3 Å². The van der Waals surface area contributed by atoms with E-state index in [1.165, 1.54) is 6.42 Å². The predicted molar refractivity (Wildman–Crippen MR) is 117 cm³/mol. The largest absolute Gasteiger partial charge is 0.448 e. The first kappa shape index (κ1) is 19.3. The van der Waals surface area contributed by atoms with Crippen LogP contribution in [0.25, 0.3) is 10.7 Å². The standard InChI is InChI=1S/C21H22N4O3S2/c26-18(8-11-25-19(23-24-20(25)29)17-5-4-12-30-17)22-14-6-7-15-16(13-14)28-21(27-15)9-2-1-3-10-21/h4-7,12-13H,1-3,8-11H2,(H,22,26)(H,24,29). The average molecular weight is 443 g/mol. The maximum Gasteiger partial charge on any atom is 0.251 e. The number of hydrogen-bond donors (Lipinski definition) is 2. The summed E-state index contributed by atoms with van der Waals surface area (Å²) in [6.45, 7) is 0.446. The molecule has 2 N–H and O–H groups in total. The SMILES string of the molecule is O=C(CCn1c(-c2cccs2)n[nH]c1=S)Nc1ccc2c(c1)OC1(CCCCC1)O2. The van der Waals surface area contributed by atoms with Crippen LogP contribution in [0.15, 0.2) is 35.7 Å². The van der Waals surface area contributed by atoms with E-state index in [1.807, 2.05) is 40.3 Å². The van der Waals surface area contributed by atoms with Gasteiger partial charge in [-0.2, -0.15) is 5.10 Å². The van der Waals surface area contributed by atoms with Gasteiger partial charge in [-0.3, -0.25) is 14.5 Å². The van der Waals surface area contributed by atoms with E-state index >= 15 is 0 Å². The van der Waals surface area contributed by atoms with Crippen LogP contribution in [0.5, 0.6) is 11.5 Å². The first-order valence-electron chi connectivity index (χ1n) is 10.1. The number of thiophene rings is 1. The summed E-state index contributed by atoms with van der Waals surface area (Å²) < 4.78 is 14.6. The van der Waals surface area contributed by atoms with Crippen LogP contribution in [0, 0.1) is 4.77 Å². The lowest BCUT2D eigenvalue weighted by molar-refractivity contribution is -0.116. The molecule has 1 aromatic carbocycles. The number of ether oxygens (including phenoxy) is 2. The van der Waals surface area contributed by atoms with Crippen LogP contribution in [0.3, 0.4) is 0 Å². The van der Waals surface area contributed by atoms with Crippen LogP contribution in [-0.2, 0) is 11.3 Å². The Hall–Kier alpha value is -2.65. The Morgan fingerprint density at radius 2 is 2.07 bits per heavy atom. The summed E-state index contributed by atoms with van der Waals surface area (Å²) >= 11 is 6.91. The minimum absolute atomic E-state index is 0.0959. The number of carbonyl (C=O) groups excluding carboxylic acids is 1. The Balaban J connectivity index is 1.23. The number of carbonyl (C=O) groups is 1. The zero-order chi connectivity index (χ0) is 20.6. The number of fused-ring (bicyclic) bond motifs is 1. The van der Waals surface area contributed by atoms with Crippen LogP contribution in [0.2, 0.25) is 0 Å². The molecule has 156 valence electrons. The van der Waals surface area contributed by atoms with Crippen molar-refractivity contribution >= 4 is 35.1 Å². The van der Waals surface area contributed by atoms with E-state index in [9.17, 15) is 4.79 Å². The van der Waals surface area contributed by atoms with Crippen molar-refractivity contribution in [3.63, 3.8) is 0 Å². The van der Waals surface area contributed by atoms with E-state index in [2.05, 4.69) is 15.5 Å². The number of benzene rings is 1. The fourth-order valence-corrected chi connectivity index (χ4v) is 4.97. The van der Waals surface area contributed by atoms with Crippen LogP contribution >= 0.6 is 23.6 Å². The molecule has 0 unspecified atom stereocenters. The lowest BCUT2D eigenvalue weighted by Crippen LogP contribution is -2.40. The van der Waals surface area contributed by atoms with Crippen molar-refractivity contribution in [2.24, 2.45) is 0 Å². The quantitative estimate of drug-likeness (QED) is 0.536. The molecule has 1 aliphatic carbocycles. The second-order valence-electron chi connectivity index (χ2n) is 7.62. The Labute approximate surface area is 183 Å². The molecule has 0 radical (unpaired) electrons. The summed E-state index contributed by atoms with van der Waals surface area (Å²) in [5, 5.41) is 12.0. The Bertz CT molecular complexity index is 1110. The van der Waals surface area contributed by atoms with Gasteiger partial charge in [-0.25, -0.2) is 0 Å². The molecule has 1 amide bonds. The monoisotopic (exact) mass is 442 g/mol. The molecule has 0 bridgehead atoms. The van der Waals surface area contributed by atoms with Crippen molar-refractivity contribution in [3.05, 3.63) is 40.5 Å². The zero-order valence-corrected chi connectivity index (χ0v) is 18.0. The highest BCUT2D eigenvalue weighted by atomic mass is 32.1. The van der Waals surface area contributed by atoms with Gasteiger partial charge >= 0.3 is 0 Å². The van der Waals surface area contributed by atoms with Gasteiger partial charge in [-0.05, 0) is 48.6 Å². The van der Waals surface area contributed by atoms with E-state index in [0.29, 0.717) is 22.8 Å². The molecule has 5 rings (SSSR count). The number of rotatable bonds is 5. The number of aromatic amines is 1. The molecular formula is C21H22N4O3S2. The molecule has 9 heteroatoms. The van der Waals surface area contributed by atoms with Crippen LogP contribution in [0.1, 0.15) is 38.5 Å². The lowest BCUT2D eigenvalue weighted by Gasteiger charge is -2.31. The van der Waals surface area contributed by atoms with Gasteiger partial charge < -0.3 is 14.8 Å². The number of nitrogens with one attached hydrogen (secondary N) is 2. The van der Waals surface area contributed by atoms with Gasteiger partial charge in [0.1, 0.15) is 0 Å². The van der Waals surface area contributed by atoms with Crippen LogP contribution in [0.4, 0.5) is 5.69 Å². The molecule has 1 saturated carbocycles. The molecule has 1 aliphatic heterocycles. The Morgan fingerprint density at radius 3 is 2.87 bits per heavy atom. The number of nitrogens with zero attached hydrogens (tertiary/aromatic N) is 2. The maximum atomic E-state index is 12.6. The van der Waals surface area contributed by atoms with E-state index in [1.54, 1.807) is 11.3 Å². The van der Waals surface area contributed by atoms with Gasteiger partial charge in [0.25, 0.3) is 5.79 Å². The van der Waals surface area contributed by atoms with E-state index in [-0.39, 0.29) is 12.3 Å². The smallest absolute Gasteiger partial charge is 0.251 e. The third kappa shape index (κ3) is 3.75. The third-order valence-electron chi connectivity index (χ3n) is 5.50. The van der Waals surface area contributed by atoms with E-state index < -0.39 is 5.79 Å². The molecule has 2 aliphatic rings. The highest BCUT2D eigenvalue weighted by Gasteiger charge is 2.42. The number of H-pyrrole nitrogens is 1. The number of amides is 1. The topological polar surface area (TPSA) is 81.2 Å². The molecule has 1 spiro atoms. The minimum atomic E-state index is -0.515. The van der Waals surface area contributed by atoms with Crippen molar-refractivity contribution in [1.29, 1.82) is 0 Å². The van der Waals surface area contributed by atoms with Gasteiger partial charge in [-0.15, -0.1) is 11.3 Å². The summed E-state index contributed by atoms with van der Waals surface area (Å²) in [5.74, 6) is 1.59. The minimum Gasteiger partial charge on any atom is -0.448 e. The maximum absolute atomic E-state index is 12.6. The van der Waals surface area contributed by atoms with Gasteiger partial charge in [0.05, 0.1) is 4.88 Å². The summed E-state index contributed by atoms with van der Waals surface area (Å²) in [4.78, 5) is 13.6. The third-order valence-corrected chi connectivity index (χ3v) is 6.67. The number of aromatic nitrogens is 3. The van der Waals surface area contributed by atoms with Gasteiger partial charge in [-0.1, -0.05) is 12.5 Å². The molecular weight excluding hydrogens is 420 g/mol. The summed E-state index contributed by atoms with van der Waals surface area (Å²) in [6.07, 6.45) is 5.54. The average Bonchev–Trinajstić information content (AvgIpc) is 3.45. The van der Waals surface area contributed by atoms with Gasteiger partial charge in [0.15, 0.2) is 22.1 Å². The van der Waals surface area contributed by atoms with Crippen molar-refractivity contribution in [2.75, 3.05) is 5.32 Å². The Kier molecular flexibility index (Phi) is 5.08. The van der Waals surface area contributed by atoms with E-state index in [4.69, 9.17) is 21.7 Å². The molecule has 3 aromatic rings. The van der Waals surface area contributed by atoms with Crippen LogP contribution in [-0.4, -0.2) is 26.5 Å². The molecule has 1 fully saturated rings. The first-order valence-corrected chi connectivity index (χ1v) is 11.4. The number of hydrogen-bond acceptors (Lipinski definition) is 6. The van der Waals surface area contributed by atoms with Crippen molar-refractivity contribution in [2.45, 2.75) is 50.9 Å². The molecule has 7 nitrogen and oxygen atoms in total. The fourth-order valence-electron chi connectivity index (χ4n) is 4.02. The van der Waals surface area contributed by atoms with Crippen LogP contribution < -0.4 is 14.8 Å². The summed E-state index contributed by atoms with van der Waals surface area (Å²) in [5.41, 5.74) is 0.699. The van der Waals surface area contributed by atoms with Gasteiger partial charge in [0.2, 0.25) is 5.91 Å². The molecule has 30 heavy (non-hydrogen) atoms. The normalized spacial score (nSPS) is 16.7. The van der Waals surface area contributed by atoms with E-state index in [0.717, 1.165) is 42.1 Å². The molecule has 0 saturated heterocycles. The molecule has 2 aromatic heterocycles. The van der Waals surface area contributed by atoms with Crippen molar-refractivity contribution in [1.82, 2.24) is 14.8 Å². The predicted octanol–water partition coefficient (Wildman–Crippen LogP) is 5.13. The number of anilines is 1. The lowest BCUT2D eigenvalue weighted by atomic mass is 9.94. The van der Waals surface area contributed by atoms with Gasteiger partial charge in [0, 0.05) is 37.6 Å². The first-order chi connectivity index (χ1) is 14.6. The van der Waals surface area contributed by atoms with Crippen molar-refractivity contribution in [3.8, 4) is 22.2 Å².